The highest BCUT2D eigenvalue weighted by Crippen LogP contribution is 2.15. The normalized spacial score (nSPS) is 10.5. The van der Waals surface area contributed by atoms with Gasteiger partial charge in [-0.3, -0.25) is 4.79 Å². The zero-order valence-electron chi connectivity index (χ0n) is 12.7. The number of hydrogen-bond donors (Lipinski definition) is 1. The molecule has 0 saturated carbocycles. The van der Waals surface area contributed by atoms with E-state index in [1.807, 2.05) is 48.2 Å². The summed E-state index contributed by atoms with van der Waals surface area (Å²) in [5.74, 6) is -0.249. The van der Waals surface area contributed by atoms with E-state index in [-0.39, 0.29) is 5.91 Å². The first-order chi connectivity index (χ1) is 11.2. The van der Waals surface area contributed by atoms with Crippen molar-refractivity contribution in [3.63, 3.8) is 0 Å². The number of aromatic nitrogens is 4. The highest BCUT2D eigenvalue weighted by atomic mass is 32.2. The van der Waals surface area contributed by atoms with Gasteiger partial charge in [0.15, 0.2) is 5.16 Å². The molecule has 1 amide bonds. The third kappa shape index (κ3) is 3.57. The largest absolute Gasteiger partial charge is 0.321 e. The Balaban J connectivity index is 1.76. The van der Waals surface area contributed by atoms with Gasteiger partial charge >= 0.3 is 0 Å². The lowest BCUT2D eigenvalue weighted by Crippen LogP contribution is -2.15. The molecule has 1 N–H and O–H groups in total. The van der Waals surface area contributed by atoms with Crippen LogP contribution >= 0.6 is 11.8 Å². The maximum atomic E-state index is 12.3. The van der Waals surface area contributed by atoms with Crippen LogP contribution < -0.4 is 5.32 Å². The Morgan fingerprint density at radius 2 is 2.00 bits per heavy atom. The topological polar surface area (TPSA) is 72.7 Å². The summed E-state index contributed by atoms with van der Waals surface area (Å²) in [4.78, 5) is 24.8. The molecule has 3 rings (SSSR count). The number of carbonyl (C=O) groups is 1. The number of carbonyl (C=O) groups excluding carboxylic acids is 1. The van der Waals surface area contributed by atoms with Crippen molar-refractivity contribution in [1.29, 1.82) is 0 Å². The molecule has 0 aliphatic rings. The molecule has 3 aromatic rings. The first kappa shape index (κ1) is 15.2. The van der Waals surface area contributed by atoms with Crippen molar-refractivity contribution in [2.24, 2.45) is 0 Å². The van der Waals surface area contributed by atoms with Crippen LogP contribution in [0.25, 0.3) is 5.69 Å². The van der Waals surface area contributed by atoms with Crippen molar-refractivity contribution in [2.75, 3.05) is 11.6 Å². The fourth-order valence-corrected chi connectivity index (χ4v) is 2.50. The Bertz CT molecular complexity index is 815. The summed E-state index contributed by atoms with van der Waals surface area (Å²) in [6.07, 6.45) is 7.18. The number of imidazole rings is 1. The van der Waals surface area contributed by atoms with Crippen molar-refractivity contribution in [2.45, 2.75) is 12.1 Å². The number of benzene rings is 1. The molecular formula is C16H15N5OS. The third-order valence-corrected chi connectivity index (χ3v) is 3.72. The third-order valence-electron chi connectivity index (χ3n) is 3.18. The van der Waals surface area contributed by atoms with Gasteiger partial charge in [0.2, 0.25) is 0 Å². The molecule has 0 radical (unpaired) electrons. The number of nitrogens with one attached hydrogen (secondary N) is 1. The molecule has 0 bridgehead atoms. The smallest absolute Gasteiger partial charge is 0.274 e. The van der Waals surface area contributed by atoms with E-state index >= 15 is 0 Å². The minimum Gasteiger partial charge on any atom is -0.321 e. The second kappa shape index (κ2) is 6.62. The maximum absolute atomic E-state index is 12.3. The second-order valence-electron chi connectivity index (χ2n) is 4.85. The summed E-state index contributed by atoms with van der Waals surface area (Å²) in [6, 6.07) is 9.19. The Kier molecular flexibility index (Phi) is 4.38. The molecule has 0 spiro atoms. The first-order valence-electron chi connectivity index (χ1n) is 6.95. The van der Waals surface area contributed by atoms with Crippen LogP contribution in [0.4, 0.5) is 5.69 Å². The van der Waals surface area contributed by atoms with Gasteiger partial charge in [0.05, 0.1) is 6.33 Å². The van der Waals surface area contributed by atoms with Gasteiger partial charge < -0.3 is 9.88 Å². The maximum Gasteiger partial charge on any atom is 0.274 e. The summed E-state index contributed by atoms with van der Waals surface area (Å²) in [6.45, 7) is 1.85. The van der Waals surface area contributed by atoms with Gasteiger partial charge in [-0.05, 0) is 43.5 Å². The molecule has 2 aromatic heterocycles. The minimum absolute atomic E-state index is 0.249. The quantitative estimate of drug-likeness (QED) is 0.590. The van der Waals surface area contributed by atoms with E-state index in [1.165, 1.54) is 11.8 Å². The average molecular weight is 325 g/mol. The van der Waals surface area contributed by atoms with Gasteiger partial charge in [0.25, 0.3) is 5.91 Å². The van der Waals surface area contributed by atoms with E-state index in [2.05, 4.69) is 20.3 Å². The van der Waals surface area contributed by atoms with Crippen LogP contribution in [0.5, 0.6) is 0 Å². The van der Waals surface area contributed by atoms with Crippen LogP contribution in [0.2, 0.25) is 0 Å². The van der Waals surface area contributed by atoms with Gasteiger partial charge in [0, 0.05) is 29.5 Å². The van der Waals surface area contributed by atoms with Crippen molar-refractivity contribution in [3.05, 3.63) is 60.4 Å². The minimum atomic E-state index is -0.249. The lowest BCUT2D eigenvalue weighted by Gasteiger charge is -2.08. The summed E-state index contributed by atoms with van der Waals surface area (Å²) in [7, 11) is 0. The van der Waals surface area contributed by atoms with E-state index < -0.39 is 0 Å². The number of thioether (sulfide) groups is 1. The fraction of sp³-hybridized carbons (Fsp3) is 0.125. The molecule has 0 saturated heterocycles. The fourth-order valence-electron chi connectivity index (χ4n) is 2.07. The number of nitrogens with zero attached hydrogens (tertiary/aromatic N) is 4. The van der Waals surface area contributed by atoms with E-state index in [9.17, 15) is 4.79 Å². The predicted molar refractivity (Wildman–Crippen MR) is 90.1 cm³/mol. The van der Waals surface area contributed by atoms with Gasteiger partial charge in [-0.2, -0.15) is 0 Å². The van der Waals surface area contributed by atoms with Crippen molar-refractivity contribution in [3.8, 4) is 5.69 Å². The highest BCUT2D eigenvalue weighted by molar-refractivity contribution is 7.98. The van der Waals surface area contributed by atoms with E-state index in [4.69, 9.17) is 0 Å². The molecule has 116 valence electrons. The average Bonchev–Trinajstić information content (AvgIpc) is 3.09. The number of rotatable bonds is 4. The van der Waals surface area contributed by atoms with Gasteiger partial charge in [-0.1, -0.05) is 11.8 Å². The van der Waals surface area contributed by atoms with E-state index in [0.717, 1.165) is 11.4 Å². The van der Waals surface area contributed by atoms with Gasteiger partial charge in [-0.25, -0.2) is 15.0 Å². The first-order valence-corrected chi connectivity index (χ1v) is 8.17. The van der Waals surface area contributed by atoms with E-state index in [0.29, 0.717) is 16.5 Å². The van der Waals surface area contributed by atoms with Crippen molar-refractivity contribution in [1.82, 2.24) is 19.5 Å². The summed E-state index contributed by atoms with van der Waals surface area (Å²) < 4.78 is 1.89. The Morgan fingerprint density at radius 1 is 1.22 bits per heavy atom. The second-order valence-corrected chi connectivity index (χ2v) is 5.63. The standard InChI is InChI=1S/C16H15N5OS/c1-11-9-14(20-16(18-11)23-2)15(22)19-12-3-5-13(6-4-12)21-8-7-17-10-21/h3-10H,1-2H3,(H,19,22). The molecule has 6 nitrogen and oxygen atoms in total. The molecule has 1 aromatic carbocycles. The van der Waals surface area contributed by atoms with Crippen molar-refractivity contribution < 1.29 is 4.79 Å². The zero-order chi connectivity index (χ0) is 16.2. The molecule has 0 aliphatic heterocycles. The molecule has 0 aliphatic carbocycles. The summed E-state index contributed by atoms with van der Waals surface area (Å²) in [5, 5.41) is 3.43. The van der Waals surface area contributed by atoms with Gasteiger partial charge in [-0.15, -0.1) is 0 Å². The van der Waals surface area contributed by atoms with Crippen LogP contribution in [-0.4, -0.2) is 31.7 Å². The number of aryl methyl sites for hydroxylation is 1. The Labute approximate surface area is 138 Å². The van der Waals surface area contributed by atoms with Gasteiger partial charge in [0.1, 0.15) is 5.69 Å². The molecule has 0 unspecified atom stereocenters. The number of amides is 1. The summed E-state index contributed by atoms with van der Waals surface area (Å²) in [5.41, 5.74) is 2.81. The Morgan fingerprint density at radius 3 is 2.65 bits per heavy atom. The Hall–Kier alpha value is -2.67. The predicted octanol–water partition coefficient (Wildman–Crippen LogP) is 2.94. The van der Waals surface area contributed by atoms with Crippen LogP contribution in [0.3, 0.4) is 0 Å². The van der Waals surface area contributed by atoms with Crippen LogP contribution in [-0.2, 0) is 0 Å². The highest BCUT2D eigenvalue weighted by Gasteiger charge is 2.10. The summed E-state index contributed by atoms with van der Waals surface area (Å²) >= 11 is 1.41. The van der Waals surface area contributed by atoms with Crippen LogP contribution in [0.15, 0.2) is 54.2 Å². The zero-order valence-corrected chi connectivity index (χ0v) is 13.5. The molecule has 0 fully saturated rings. The van der Waals surface area contributed by atoms with Crippen molar-refractivity contribution >= 4 is 23.4 Å². The lowest BCUT2D eigenvalue weighted by atomic mass is 10.2. The number of anilines is 1. The SMILES string of the molecule is CSc1nc(C)cc(C(=O)Nc2ccc(-n3ccnc3)cc2)n1. The van der Waals surface area contributed by atoms with E-state index in [1.54, 1.807) is 18.6 Å². The molecule has 0 atom stereocenters. The molecule has 7 heteroatoms. The molecule has 2 heterocycles. The lowest BCUT2D eigenvalue weighted by molar-refractivity contribution is 0.102. The number of hydrogen-bond acceptors (Lipinski definition) is 5. The monoisotopic (exact) mass is 325 g/mol. The van der Waals surface area contributed by atoms with Crippen LogP contribution in [0, 0.1) is 6.92 Å². The molecular weight excluding hydrogens is 310 g/mol. The van der Waals surface area contributed by atoms with Crippen LogP contribution in [0.1, 0.15) is 16.2 Å². The molecule has 23 heavy (non-hydrogen) atoms.